The number of rotatable bonds is 5. The summed E-state index contributed by atoms with van der Waals surface area (Å²) in [5.74, 6) is -1.41. The van der Waals surface area contributed by atoms with Crippen molar-refractivity contribution in [2.75, 3.05) is 13.1 Å². The maximum absolute atomic E-state index is 12.7. The molecule has 0 aliphatic carbocycles. The summed E-state index contributed by atoms with van der Waals surface area (Å²) in [4.78, 5) is 38.0. The molecule has 2 aromatic carbocycles. The molecule has 0 radical (unpaired) electrons. The Labute approximate surface area is 164 Å². The highest BCUT2D eigenvalue weighted by Gasteiger charge is 2.26. The van der Waals surface area contributed by atoms with Crippen LogP contribution < -0.4 is 5.32 Å². The number of piperidine rings is 1. The third-order valence-corrected chi connectivity index (χ3v) is 4.98. The number of aryl methyl sites for hydroxylation is 1. The smallest absolute Gasteiger partial charge is 0.336 e. The second-order valence-corrected chi connectivity index (χ2v) is 7.15. The summed E-state index contributed by atoms with van der Waals surface area (Å²) in [6.07, 6.45) is 1.65. The zero-order valence-corrected chi connectivity index (χ0v) is 15.9. The van der Waals surface area contributed by atoms with Crippen LogP contribution in [0.25, 0.3) is 0 Å². The molecule has 6 nitrogen and oxygen atoms in total. The lowest BCUT2D eigenvalue weighted by molar-refractivity contribution is -0.121. The van der Waals surface area contributed by atoms with E-state index < -0.39 is 5.97 Å². The minimum atomic E-state index is -1.11. The van der Waals surface area contributed by atoms with Crippen LogP contribution in [-0.2, 0) is 11.2 Å². The van der Waals surface area contributed by atoms with Gasteiger partial charge in [-0.05, 0) is 37.5 Å². The first-order valence-electron chi connectivity index (χ1n) is 9.40. The van der Waals surface area contributed by atoms with Gasteiger partial charge < -0.3 is 15.3 Å². The Balaban J connectivity index is 1.54. The van der Waals surface area contributed by atoms with E-state index in [1.165, 1.54) is 6.07 Å². The first-order valence-corrected chi connectivity index (χ1v) is 9.40. The van der Waals surface area contributed by atoms with E-state index in [0.717, 1.165) is 11.1 Å². The highest BCUT2D eigenvalue weighted by molar-refractivity contribution is 6.04. The summed E-state index contributed by atoms with van der Waals surface area (Å²) < 4.78 is 0. The number of carboxylic acids is 1. The number of carbonyl (C=O) groups is 3. The van der Waals surface area contributed by atoms with Crippen LogP contribution in [0, 0.1) is 6.92 Å². The van der Waals surface area contributed by atoms with Crippen LogP contribution in [0.2, 0.25) is 0 Å². The van der Waals surface area contributed by atoms with Gasteiger partial charge in [-0.3, -0.25) is 9.59 Å². The lowest BCUT2D eigenvalue weighted by Gasteiger charge is -2.32. The molecule has 2 aromatic rings. The first kappa shape index (κ1) is 19.6. The third kappa shape index (κ3) is 4.76. The third-order valence-electron chi connectivity index (χ3n) is 4.98. The monoisotopic (exact) mass is 380 g/mol. The van der Waals surface area contributed by atoms with Crippen molar-refractivity contribution in [3.05, 3.63) is 70.8 Å². The molecule has 0 spiro atoms. The normalized spacial score (nSPS) is 14.5. The quantitative estimate of drug-likeness (QED) is 0.835. The largest absolute Gasteiger partial charge is 0.478 e. The lowest BCUT2D eigenvalue weighted by Crippen LogP contribution is -2.47. The molecule has 0 saturated carbocycles. The van der Waals surface area contributed by atoms with Gasteiger partial charge in [-0.2, -0.15) is 0 Å². The molecule has 2 amide bonds. The zero-order valence-electron chi connectivity index (χ0n) is 15.9. The average Bonchev–Trinajstić information content (AvgIpc) is 2.68. The van der Waals surface area contributed by atoms with Crippen molar-refractivity contribution in [3.63, 3.8) is 0 Å². The van der Waals surface area contributed by atoms with Gasteiger partial charge in [0.2, 0.25) is 5.91 Å². The zero-order chi connectivity index (χ0) is 20.1. The molecule has 1 heterocycles. The second kappa shape index (κ2) is 8.69. The molecule has 3 rings (SSSR count). The first-order chi connectivity index (χ1) is 13.4. The molecule has 0 atom stereocenters. The molecule has 1 aliphatic rings. The predicted molar refractivity (Wildman–Crippen MR) is 105 cm³/mol. The Hall–Kier alpha value is -3.15. The molecular formula is C22H24N2O4. The molecule has 0 aromatic heterocycles. The molecule has 1 aliphatic heterocycles. The van der Waals surface area contributed by atoms with Gasteiger partial charge in [-0.25, -0.2) is 4.79 Å². The molecule has 28 heavy (non-hydrogen) atoms. The molecule has 146 valence electrons. The van der Waals surface area contributed by atoms with Crippen LogP contribution in [0.1, 0.15) is 44.7 Å². The van der Waals surface area contributed by atoms with Gasteiger partial charge in [0.15, 0.2) is 0 Å². The Morgan fingerprint density at radius 3 is 2.36 bits per heavy atom. The summed E-state index contributed by atoms with van der Waals surface area (Å²) in [5, 5.41) is 12.3. The molecule has 6 heteroatoms. The van der Waals surface area contributed by atoms with Crippen molar-refractivity contribution in [1.82, 2.24) is 10.2 Å². The number of hydrogen-bond donors (Lipinski definition) is 2. The minimum absolute atomic E-state index is 0.0149. The van der Waals surface area contributed by atoms with Crippen LogP contribution >= 0.6 is 0 Å². The topological polar surface area (TPSA) is 86.7 Å². The summed E-state index contributed by atoms with van der Waals surface area (Å²) in [5.41, 5.74) is 2.33. The molecule has 1 saturated heterocycles. The van der Waals surface area contributed by atoms with Gasteiger partial charge in [0.05, 0.1) is 17.5 Å². The number of likely N-dealkylation sites (tertiary alicyclic amines) is 1. The van der Waals surface area contributed by atoms with Crippen LogP contribution in [-0.4, -0.2) is 46.9 Å². The standard InChI is InChI=1S/C22H24N2O4/c1-15-5-4-6-16(13-15)14-20(25)23-17-9-11-24(12-10-17)21(26)18-7-2-3-8-19(18)22(27)28/h2-8,13,17H,9-12,14H2,1H3,(H,23,25)(H,27,28). The van der Waals surface area contributed by atoms with E-state index in [-0.39, 0.29) is 29.0 Å². The molecule has 0 bridgehead atoms. The van der Waals surface area contributed by atoms with Crippen molar-refractivity contribution in [2.45, 2.75) is 32.2 Å². The predicted octanol–water partition coefficient (Wildman–Crippen LogP) is 2.66. The minimum Gasteiger partial charge on any atom is -0.478 e. The maximum atomic E-state index is 12.7. The van der Waals surface area contributed by atoms with Gasteiger partial charge in [-0.1, -0.05) is 42.0 Å². The summed E-state index contributed by atoms with van der Waals surface area (Å²) in [6.45, 7) is 2.97. The lowest BCUT2D eigenvalue weighted by atomic mass is 10.0. The average molecular weight is 380 g/mol. The number of benzene rings is 2. The molecule has 1 fully saturated rings. The number of carbonyl (C=O) groups excluding carboxylic acids is 2. The van der Waals surface area contributed by atoms with E-state index in [2.05, 4.69) is 5.32 Å². The van der Waals surface area contributed by atoms with E-state index in [4.69, 9.17) is 0 Å². The van der Waals surface area contributed by atoms with Crippen molar-refractivity contribution in [2.24, 2.45) is 0 Å². The van der Waals surface area contributed by atoms with E-state index in [9.17, 15) is 19.5 Å². The fraction of sp³-hybridized carbons (Fsp3) is 0.318. The number of amides is 2. The number of nitrogens with one attached hydrogen (secondary N) is 1. The van der Waals surface area contributed by atoms with Crippen LogP contribution in [0.5, 0.6) is 0 Å². The van der Waals surface area contributed by atoms with Gasteiger partial charge in [0.1, 0.15) is 0 Å². The Morgan fingerprint density at radius 2 is 1.71 bits per heavy atom. The van der Waals surface area contributed by atoms with Crippen molar-refractivity contribution >= 4 is 17.8 Å². The fourth-order valence-corrected chi connectivity index (χ4v) is 3.54. The summed E-state index contributed by atoms with van der Waals surface area (Å²) >= 11 is 0. The highest BCUT2D eigenvalue weighted by atomic mass is 16.4. The van der Waals surface area contributed by atoms with E-state index >= 15 is 0 Å². The molecule has 2 N–H and O–H groups in total. The Morgan fingerprint density at radius 1 is 1.04 bits per heavy atom. The van der Waals surface area contributed by atoms with Crippen LogP contribution in [0.3, 0.4) is 0 Å². The molecule has 0 unspecified atom stereocenters. The van der Waals surface area contributed by atoms with Crippen molar-refractivity contribution in [3.8, 4) is 0 Å². The second-order valence-electron chi connectivity index (χ2n) is 7.15. The Kier molecular flexibility index (Phi) is 6.09. The van der Waals surface area contributed by atoms with Gasteiger partial charge in [0.25, 0.3) is 5.91 Å². The summed E-state index contributed by atoms with van der Waals surface area (Å²) in [6, 6.07) is 14.2. The van der Waals surface area contributed by atoms with Crippen molar-refractivity contribution < 1.29 is 19.5 Å². The van der Waals surface area contributed by atoms with E-state index in [0.29, 0.717) is 32.4 Å². The van der Waals surface area contributed by atoms with E-state index in [1.807, 2.05) is 31.2 Å². The molecular weight excluding hydrogens is 356 g/mol. The van der Waals surface area contributed by atoms with Crippen LogP contribution in [0.15, 0.2) is 48.5 Å². The number of nitrogens with zero attached hydrogens (tertiary/aromatic N) is 1. The SMILES string of the molecule is Cc1cccc(CC(=O)NC2CCN(C(=O)c3ccccc3C(=O)O)CC2)c1. The maximum Gasteiger partial charge on any atom is 0.336 e. The van der Waals surface area contributed by atoms with Gasteiger partial charge in [0, 0.05) is 19.1 Å². The van der Waals surface area contributed by atoms with Crippen molar-refractivity contribution in [1.29, 1.82) is 0 Å². The fourth-order valence-electron chi connectivity index (χ4n) is 3.54. The number of carboxylic acid groups (broad SMARTS) is 1. The highest BCUT2D eigenvalue weighted by Crippen LogP contribution is 2.17. The number of aromatic carboxylic acids is 1. The van der Waals surface area contributed by atoms with E-state index in [1.54, 1.807) is 23.1 Å². The van der Waals surface area contributed by atoms with Crippen LogP contribution in [0.4, 0.5) is 0 Å². The van der Waals surface area contributed by atoms with Gasteiger partial charge in [-0.15, -0.1) is 0 Å². The number of hydrogen-bond acceptors (Lipinski definition) is 3. The summed E-state index contributed by atoms with van der Waals surface area (Å²) in [7, 11) is 0. The Bertz CT molecular complexity index is 886. The van der Waals surface area contributed by atoms with Gasteiger partial charge >= 0.3 is 5.97 Å².